The van der Waals surface area contributed by atoms with E-state index < -0.39 is 5.97 Å². The number of aromatic nitrogens is 1. The van der Waals surface area contributed by atoms with E-state index in [1.54, 1.807) is 42.0 Å². The molecule has 3 rings (SSSR count). The van der Waals surface area contributed by atoms with Gasteiger partial charge in [-0.2, -0.15) is 4.99 Å². The Morgan fingerprint density at radius 1 is 1.07 bits per heavy atom. The number of methoxy groups -OCH3 is 3. The molecule has 1 amide bonds. The molecule has 3 aromatic rings. The molecule has 8 heteroatoms. The first-order valence-corrected chi connectivity index (χ1v) is 9.26. The molecule has 28 heavy (non-hydrogen) atoms. The second-order valence-corrected chi connectivity index (χ2v) is 7.02. The molecule has 1 heterocycles. The molecule has 0 atom stereocenters. The Morgan fingerprint density at radius 2 is 1.79 bits per heavy atom. The Kier molecular flexibility index (Phi) is 5.79. The van der Waals surface area contributed by atoms with E-state index in [9.17, 15) is 9.59 Å². The number of thiazole rings is 1. The molecule has 0 aliphatic carbocycles. The SMILES string of the molecule is COC(=O)Cn1c(=NC(=O)c2cccc(C)c2)sc2cc(OC)c(OC)cc21. The zero-order valence-corrected chi connectivity index (χ0v) is 16.8. The summed E-state index contributed by atoms with van der Waals surface area (Å²) < 4.78 is 17.9. The first-order valence-electron chi connectivity index (χ1n) is 8.44. The number of esters is 1. The average Bonchev–Trinajstić information content (AvgIpc) is 3.02. The minimum Gasteiger partial charge on any atom is -0.493 e. The quantitative estimate of drug-likeness (QED) is 0.615. The van der Waals surface area contributed by atoms with Crippen LogP contribution in [0.4, 0.5) is 0 Å². The van der Waals surface area contributed by atoms with Crippen molar-refractivity contribution in [1.29, 1.82) is 0 Å². The first-order chi connectivity index (χ1) is 13.5. The fourth-order valence-electron chi connectivity index (χ4n) is 2.76. The normalized spacial score (nSPS) is 11.5. The van der Waals surface area contributed by atoms with E-state index in [2.05, 4.69) is 4.99 Å². The molecule has 146 valence electrons. The van der Waals surface area contributed by atoms with E-state index in [-0.39, 0.29) is 12.5 Å². The van der Waals surface area contributed by atoms with Crippen molar-refractivity contribution in [3.8, 4) is 11.5 Å². The van der Waals surface area contributed by atoms with E-state index in [1.807, 2.05) is 13.0 Å². The molecule has 0 spiro atoms. The monoisotopic (exact) mass is 400 g/mol. The van der Waals surface area contributed by atoms with Crippen LogP contribution in [0.25, 0.3) is 10.2 Å². The molecule has 7 nitrogen and oxygen atoms in total. The van der Waals surface area contributed by atoms with Crippen LogP contribution >= 0.6 is 11.3 Å². The Labute approximate surface area is 165 Å². The van der Waals surface area contributed by atoms with Crippen LogP contribution in [-0.4, -0.2) is 37.8 Å². The first kappa shape index (κ1) is 19.6. The smallest absolute Gasteiger partial charge is 0.325 e. The molecule has 0 radical (unpaired) electrons. The van der Waals surface area contributed by atoms with Crippen molar-refractivity contribution in [3.05, 3.63) is 52.3 Å². The van der Waals surface area contributed by atoms with Crippen LogP contribution in [0.5, 0.6) is 11.5 Å². The number of nitrogens with zero attached hydrogens (tertiary/aromatic N) is 2. The summed E-state index contributed by atoms with van der Waals surface area (Å²) in [5, 5.41) is 0. The summed E-state index contributed by atoms with van der Waals surface area (Å²) in [7, 11) is 4.40. The van der Waals surface area contributed by atoms with Gasteiger partial charge in [0, 0.05) is 17.7 Å². The Hall–Kier alpha value is -3.13. The predicted octanol–water partition coefficient (Wildman–Crippen LogP) is 2.94. The second-order valence-electron chi connectivity index (χ2n) is 6.01. The van der Waals surface area contributed by atoms with E-state index in [0.29, 0.717) is 27.4 Å². The summed E-state index contributed by atoms with van der Waals surface area (Å²) in [5.41, 5.74) is 2.15. The highest BCUT2D eigenvalue weighted by Crippen LogP contribution is 2.33. The van der Waals surface area contributed by atoms with Gasteiger partial charge in [0.15, 0.2) is 16.3 Å². The lowest BCUT2D eigenvalue weighted by Crippen LogP contribution is -2.22. The van der Waals surface area contributed by atoms with Crippen LogP contribution in [0.2, 0.25) is 0 Å². The molecule has 0 aliphatic rings. The van der Waals surface area contributed by atoms with Crippen LogP contribution < -0.4 is 14.3 Å². The van der Waals surface area contributed by atoms with Crippen molar-refractivity contribution in [2.75, 3.05) is 21.3 Å². The van der Waals surface area contributed by atoms with Gasteiger partial charge in [-0.3, -0.25) is 9.59 Å². The highest BCUT2D eigenvalue weighted by molar-refractivity contribution is 7.16. The molecule has 0 unspecified atom stereocenters. The fourth-order valence-corrected chi connectivity index (χ4v) is 3.80. The number of amides is 1. The summed E-state index contributed by atoms with van der Waals surface area (Å²) in [4.78, 5) is 29.2. The molecule has 0 fully saturated rings. The van der Waals surface area contributed by atoms with Gasteiger partial charge in [0.1, 0.15) is 6.54 Å². The zero-order valence-electron chi connectivity index (χ0n) is 16.0. The molecule has 0 N–H and O–H groups in total. The fraction of sp³-hybridized carbons (Fsp3) is 0.250. The maximum atomic E-state index is 12.7. The van der Waals surface area contributed by atoms with E-state index in [1.165, 1.54) is 25.6 Å². The van der Waals surface area contributed by atoms with Gasteiger partial charge >= 0.3 is 5.97 Å². The molecule has 0 saturated heterocycles. The van der Waals surface area contributed by atoms with Gasteiger partial charge in [0.05, 0.1) is 31.5 Å². The number of fused-ring (bicyclic) bond motifs is 1. The number of rotatable bonds is 5. The molecule has 0 aliphatic heterocycles. The van der Waals surface area contributed by atoms with E-state index >= 15 is 0 Å². The van der Waals surface area contributed by atoms with Gasteiger partial charge in [0.2, 0.25) is 0 Å². The van der Waals surface area contributed by atoms with Crippen molar-refractivity contribution < 1.29 is 23.8 Å². The summed E-state index contributed by atoms with van der Waals surface area (Å²) in [6.07, 6.45) is 0. The standard InChI is InChI=1S/C20H20N2O5S/c1-12-6-5-7-13(8-12)19(24)21-20-22(11-18(23)27-4)14-9-15(25-2)16(26-3)10-17(14)28-20/h5-10H,11H2,1-4H3. The topological polar surface area (TPSA) is 79.1 Å². The second kappa shape index (κ2) is 8.26. The average molecular weight is 400 g/mol. The Balaban J connectivity index is 2.20. The summed E-state index contributed by atoms with van der Waals surface area (Å²) in [6, 6.07) is 10.7. The van der Waals surface area contributed by atoms with E-state index in [0.717, 1.165) is 10.3 Å². The molecular weight excluding hydrogens is 380 g/mol. The molecule has 1 aromatic heterocycles. The maximum Gasteiger partial charge on any atom is 0.325 e. The molecular formula is C20H20N2O5S. The zero-order chi connectivity index (χ0) is 20.3. The van der Waals surface area contributed by atoms with Crippen molar-refractivity contribution in [1.82, 2.24) is 4.57 Å². The van der Waals surface area contributed by atoms with Gasteiger partial charge in [-0.1, -0.05) is 29.0 Å². The number of carbonyl (C=O) groups excluding carboxylic acids is 2. The third-order valence-corrected chi connectivity index (χ3v) is 5.21. The number of aryl methyl sites for hydroxylation is 1. The minimum absolute atomic E-state index is 0.0775. The number of benzene rings is 2. The highest BCUT2D eigenvalue weighted by atomic mass is 32.1. The molecule has 0 saturated carbocycles. The molecule has 0 bridgehead atoms. The summed E-state index contributed by atoms with van der Waals surface area (Å²) in [5.74, 6) is 0.243. The number of ether oxygens (including phenoxy) is 3. The van der Waals surface area contributed by atoms with Gasteiger partial charge in [-0.25, -0.2) is 0 Å². The largest absolute Gasteiger partial charge is 0.493 e. The lowest BCUT2D eigenvalue weighted by Gasteiger charge is -2.09. The lowest BCUT2D eigenvalue weighted by molar-refractivity contribution is -0.141. The van der Waals surface area contributed by atoms with Crippen LogP contribution in [-0.2, 0) is 16.1 Å². The number of hydrogen-bond acceptors (Lipinski definition) is 6. The summed E-state index contributed by atoms with van der Waals surface area (Å²) >= 11 is 1.28. The minimum atomic E-state index is -0.445. The predicted molar refractivity (Wildman–Crippen MR) is 106 cm³/mol. The van der Waals surface area contributed by atoms with Crippen LogP contribution in [0.15, 0.2) is 41.4 Å². The van der Waals surface area contributed by atoms with Crippen molar-refractivity contribution >= 4 is 33.4 Å². The Bertz CT molecular complexity index is 1110. The van der Waals surface area contributed by atoms with Gasteiger partial charge in [0.25, 0.3) is 5.91 Å². The van der Waals surface area contributed by atoms with Gasteiger partial charge in [-0.05, 0) is 19.1 Å². The van der Waals surface area contributed by atoms with Crippen molar-refractivity contribution in [3.63, 3.8) is 0 Å². The van der Waals surface area contributed by atoms with Gasteiger partial charge < -0.3 is 18.8 Å². The van der Waals surface area contributed by atoms with Crippen LogP contribution in [0, 0.1) is 6.92 Å². The molecule has 2 aromatic carbocycles. The lowest BCUT2D eigenvalue weighted by atomic mass is 10.1. The summed E-state index contributed by atoms with van der Waals surface area (Å²) in [6.45, 7) is 1.83. The van der Waals surface area contributed by atoms with Gasteiger partial charge in [-0.15, -0.1) is 0 Å². The van der Waals surface area contributed by atoms with Crippen LogP contribution in [0.3, 0.4) is 0 Å². The highest BCUT2D eigenvalue weighted by Gasteiger charge is 2.16. The Morgan fingerprint density at radius 3 is 2.43 bits per heavy atom. The third kappa shape index (κ3) is 3.91. The number of hydrogen-bond donors (Lipinski definition) is 0. The van der Waals surface area contributed by atoms with Crippen molar-refractivity contribution in [2.45, 2.75) is 13.5 Å². The third-order valence-electron chi connectivity index (χ3n) is 4.17. The maximum absolute atomic E-state index is 12.7. The van der Waals surface area contributed by atoms with Crippen molar-refractivity contribution in [2.24, 2.45) is 4.99 Å². The van der Waals surface area contributed by atoms with E-state index in [4.69, 9.17) is 14.2 Å². The van der Waals surface area contributed by atoms with Crippen LogP contribution in [0.1, 0.15) is 15.9 Å². The number of carbonyl (C=O) groups is 2.